The SMILES string of the molecule is CCCCC=C(CCCC)C(=O)OOP(=O)(O)OCC. The van der Waals surface area contributed by atoms with Crippen molar-refractivity contribution < 1.29 is 28.3 Å². The molecular weight excluding hydrogens is 283 g/mol. The minimum atomic E-state index is -4.31. The van der Waals surface area contributed by atoms with Gasteiger partial charge in [0.25, 0.3) is 0 Å². The summed E-state index contributed by atoms with van der Waals surface area (Å²) < 4.78 is 19.9. The molecule has 0 rings (SSSR count). The van der Waals surface area contributed by atoms with E-state index in [-0.39, 0.29) is 6.61 Å². The average Bonchev–Trinajstić information content (AvgIpc) is 2.40. The molecule has 0 aromatic carbocycles. The van der Waals surface area contributed by atoms with Crippen LogP contribution in [0.4, 0.5) is 0 Å². The summed E-state index contributed by atoms with van der Waals surface area (Å²) in [6.45, 7) is 5.60. The smallest absolute Gasteiger partial charge is 0.300 e. The van der Waals surface area contributed by atoms with Gasteiger partial charge in [-0.1, -0.05) is 43.9 Å². The molecule has 0 fully saturated rings. The van der Waals surface area contributed by atoms with E-state index in [1.165, 1.54) is 6.92 Å². The summed E-state index contributed by atoms with van der Waals surface area (Å²) in [7, 11) is -4.31. The van der Waals surface area contributed by atoms with Gasteiger partial charge in [-0.05, 0) is 26.2 Å². The van der Waals surface area contributed by atoms with Crippen molar-refractivity contribution in [2.24, 2.45) is 0 Å². The maximum Gasteiger partial charge on any atom is 0.508 e. The lowest BCUT2D eigenvalue weighted by Crippen LogP contribution is -2.09. The van der Waals surface area contributed by atoms with Gasteiger partial charge in [0, 0.05) is 5.57 Å². The normalized spacial score (nSPS) is 14.9. The highest BCUT2D eigenvalue weighted by atomic mass is 31.2. The minimum absolute atomic E-state index is 0.0135. The molecule has 118 valence electrons. The number of carbonyl (C=O) groups excluding carboxylic acids is 1. The van der Waals surface area contributed by atoms with Crippen molar-refractivity contribution in [1.29, 1.82) is 0 Å². The molecule has 0 saturated carbocycles. The van der Waals surface area contributed by atoms with E-state index >= 15 is 0 Å². The fourth-order valence-corrected chi connectivity index (χ4v) is 1.99. The quantitative estimate of drug-likeness (QED) is 0.205. The van der Waals surface area contributed by atoms with Gasteiger partial charge in [0.15, 0.2) is 0 Å². The number of phosphoric acid groups is 1. The molecule has 0 aliphatic heterocycles. The minimum Gasteiger partial charge on any atom is -0.300 e. The first kappa shape index (κ1) is 19.3. The van der Waals surface area contributed by atoms with Gasteiger partial charge in [-0.15, -0.1) is 0 Å². The van der Waals surface area contributed by atoms with Gasteiger partial charge in [0.2, 0.25) is 0 Å². The van der Waals surface area contributed by atoms with Gasteiger partial charge in [0.1, 0.15) is 0 Å². The van der Waals surface area contributed by atoms with Crippen LogP contribution in [-0.2, 0) is 23.4 Å². The number of hydrogen-bond acceptors (Lipinski definition) is 5. The Morgan fingerprint density at radius 3 is 2.40 bits per heavy atom. The molecule has 0 radical (unpaired) electrons. The first-order valence-corrected chi connectivity index (χ1v) is 8.53. The summed E-state index contributed by atoms with van der Waals surface area (Å²) in [5, 5.41) is 0. The molecule has 0 aromatic rings. The Labute approximate surface area is 120 Å². The second-order valence-electron chi connectivity index (χ2n) is 4.31. The molecule has 0 heterocycles. The molecule has 0 spiro atoms. The highest BCUT2D eigenvalue weighted by molar-refractivity contribution is 7.47. The van der Waals surface area contributed by atoms with Crippen molar-refractivity contribution >= 4 is 13.8 Å². The topological polar surface area (TPSA) is 82.1 Å². The van der Waals surface area contributed by atoms with Crippen molar-refractivity contribution in [1.82, 2.24) is 0 Å². The van der Waals surface area contributed by atoms with Crippen molar-refractivity contribution in [3.8, 4) is 0 Å². The molecule has 0 bridgehead atoms. The van der Waals surface area contributed by atoms with Crippen molar-refractivity contribution in [2.45, 2.75) is 59.3 Å². The third-order valence-corrected chi connectivity index (χ3v) is 3.36. The molecule has 20 heavy (non-hydrogen) atoms. The molecule has 1 unspecified atom stereocenters. The lowest BCUT2D eigenvalue weighted by Gasteiger charge is -2.10. The predicted octanol–water partition coefficient (Wildman–Crippen LogP) is 3.90. The zero-order valence-electron chi connectivity index (χ0n) is 12.5. The van der Waals surface area contributed by atoms with Crippen LogP contribution in [-0.4, -0.2) is 17.5 Å². The van der Waals surface area contributed by atoms with Crippen LogP contribution in [0, 0.1) is 0 Å². The lowest BCUT2D eigenvalue weighted by atomic mass is 10.1. The summed E-state index contributed by atoms with van der Waals surface area (Å²) in [6, 6.07) is 0. The van der Waals surface area contributed by atoms with Crippen molar-refractivity contribution in [3.63, 3.8) is 0 Å². The Bertz CT molecular complexity index is 353. The Morgan fingerprint density at radius 1 is 1.20 bits per heavy atom. The summed E-state index contributed by atoms with van der Waals surface area (Å²) >= 11 is 0. The number of carbonyl (C=O) groups is 1. The van der Waals surface area contributed by atoms with E-state index < -0.39 is 13.8 Å². The second kappa shape index (κ2) is 11.0. The van der Waals surface area contributed by atoms with Gasteiger partial charge in [-0.2, -0.15) is 0 Å². The van der Waals surface area contributed by atoms with Gasteiger partial charge in [-0.25, -0.2) is 9.36 Å². The van der Waals surface area contributed by atoms with E-state index in [0.29, 0.717) is 12.0 Å². The van der Waals surface area contributed by atoms with E-state index in [2.05, 4.69) is 21.0 Å². The Hall–Kier alpha value is -0.680. The molecule has 0 aliphatic carbocycles. The molecule has 0 amide bonds. The molecule has 0 aliphatic rings. The summed E-state index contributed by atoms with van der Waals surface area (Å²) in [5.74, 6) is -0.733. The fourth-order valence-electron chi connectivity index (χ4n) is 1.45. The molecule has 0 saturated heterocycles. The van der Waals surface area contributed by atoms with Gasteiger partial charge in [-0.3, -0.25) is 9.41 Å². The Kier molecular flexibility index (Phi) is 10.7. The van der Waals surface area contributed by atoms with Crippen LogP contribution in [0.15, 0.2) is 11.6 Å². The van der Waals surface area contributed by atoms with Crippen molar-refractivity contribution in [3.05, 3.63) is 11.6 Å². The standard InChI is InChI=1S/C13H25O6P/c1-4-7-9-11-12(10-8-5-2)13(14)18-19-20(15,16)17-6-3/h11H,4-10H2,1-3H3,(H,15,16). The van der Waals surface area contributed by atoms with Crippen molar-refractivity contribution in [2.75, 3.05) is 6.61 Å². The lowest BCUT2D eigenvalue weighted by molar-refractivity contribution is -0.219. The van der Waals surface area contributed by atoms with E-state index in [0.717, 1.165) is 32.1 Å². The maximum atomic E-state index is 11.8. The van der Waals surface area contributed by atoms with Crippen LogP contribution in [0.5, 0.6) is 0 Å². The highest BCUT2D eigenvalue weighted by Crippen LogP contribution is 2.43. The molecule has 7 heteroatoms. The third kappa shape index (κ3) is 9.26. The number of unbranched alkanes of at least 4 members (excludes halogenated alkanes) is 3. The fraction of sp³-hybridized carbons (Fsp3) is 0.769. The molecule has 0 aromatic heterocycles. The van der Waals surface area contributed by atoms with Gasteiger partial charge >= 0.3 is 13.8 Å². The molecule has 6 nitrogen and oxygen atoms in total. The second-order valence-corrected chi connectivity index (χ2v) is 5.65. The van der Waals surface area contributed by atoms with E-state index in [4.69, 9.17) is 4.89 Å². The predicted molar refractivity (Wildman–Crippen MR) is 75.8 cm³/mol. The summed E-state index contributed by atoms with van der Waals surface area (Å²) in [4.78, 5) is 25.3. The molecule has 1 N–H and O–H groups in total. The van der Waals surface area contributed by atoms with E-state index in [1.54, 1.807) is 6.08 Å². The summed E-state index contributed by atoms with van der Waals surface area (Å²) in [5.41, 5.74) is 0.469. The summed E-state index contributed by atoms with van der Waals surface area (Å²) in [6.07, 6.45) is 6.92. The van der Waals surface area contributed by atoms with Crippen LogP contribution in [0.2, 0.25) is 0 Å². The van der Waals surface area contributed by atoms with E-state index in [9.17, 15) is 9.36 Å². The van der Waals surface area contributed by atoms with Crippen LogP contribution >= 0.6 is 7.82 Å². The Morgan fingerprint density at radius 2 is 1.85 bits per heavy atom. The van der Waals surface area contributed by atoms with Crippen LogP contribution in [0.1, 0.15) is 59.3 Å². The number of phosphoric ester groups is 1. The number of rotatable bonds is 11. The number of allylic oxidation sites excluding steroid dienone is 1. The first-order valence-electron chi connectivity index (χ1n) is 7.03. The highest BCUT2D eigenvalue weighted by Gasteiger charge is 2.25. The Balaban J connectivity index is 4.46. The van der Waals surface area contributed by atoms with Gasteiger partial charge < -0.3 is 4.89 Å². The molecule has 1 atom stereocenters. The zero-order chi connectivity index (χ0) is 15.4. The largest absolute Gasteiger partial charge is 0.508 e. The van der Waals surface area contributed by atoms with E-state index in [1.807, 2.05) is 6.92 Å². The number of hydrogen-bond donors (Lipinski definition) is 1. The van der Waals surface area contributed by atoms with Gasteiger partial charge in [0.05, 0.1) is 6.61 Å². The third-order valence-electron chi connectivity index (χ3n) is 2.51. The van der Waals surface area contributed by atoms with Crippen LogP contribution in [0.25, 0.3) is 0 Å². The zero-order valence-corrected chi connectivity index (χ0v) is 13.4. The van der Waals surface area contributed by atoms with Crippen LogP contribution in [0.3, 0.4) is 0 Å². The monoisotopic (exact) mass is 308 g/mol. The molecular formula is C13H25O6P. The average molecular weight is 308 g/mol. The van der Waals surface area contributed by atoms with Crippen LogP contribution < -0.4 is 0 Å². The maximum absolute atomic E-state index is 11.8. The first-order chi connectivity index (χ1) is 9.46.